The van der Waals surface area contributed by atoms with Crippen LogP contribution < -0.4 is 19.8 Å². The topological polar surface area (TPSA) is 192 Å². The van der Waals surface area contributed by atoms with Crippen molar-refractivity contribution in [3.8, 4) is 0 Å². The van der Waals surface area contributed by atoms with Crippen molar-refractivity contribution in [3.05, 3.63) is 117 Å². The zero-order chi connectivity index (χ0) is 43.7. The molecule has 1 amide bonds. The second-order valence-electron chi connectivity index (χ2n) is 16.2. The summed E-state index contributed by atoms with van der Waals surface area (Å²) in [5, 5.41) is 16.5. The van der Waals surface area contributed by atoms with Crippen LogP contribution in [0.25, 0.3) is 16.6 Å². The molecule has 16 nitrogen and oxygen atoms in total. The molecule has 1 aliphatic carbocycles. The van der Waals surface area contributed by atoms with E-state index in [9.17, 15) is 28.1 Å². The number of nitro benzene ring substituents is 1. The zero-order valence-electron chi connectivity index (χ0n) is 34.5. The van der Waals surface area contributed by atoms with Crippen molar-refractivity contribution in [3.63, 3.8) is 0 Å². The molecule has 3 aromatic carbocycles. The average Bonchev–Trinajstić information content (AvgIpc) is 3.69. The molecule has 5 aromatic rings. The lowest BCUT2D eigenvalue weighted by Crippen LogP contribution is -2.47. The number of nitro groups is 1. The molecular weight excluding hydrogens is 848 g/mol. The second-order valence-corrected chi connectivity index (χ2v) is 18.3. The zero-order valence-corrected chi connectivity index (χ0v) is 36.1. The highest BCUT2D eigenvalue weighted by Crippen LogP contribution is 2.39. The van der Waals surface area contributed by atoms with Gasteiger partial charge in [0, 0.05) is 74.0 Å². The van der Waals surface area contributed by atoms with Gasteiger partial charge in [0.25, 0.3) is 21.6 Å². The number of fused-ring (bicyclic) bond motifs is 2. The number of aromatic nitrogens is 2. The van der Waals surface area contributed by atoms with Crippen LogP contribution in [0.1, 0.15) is 64.9 Å². The Morgan fingerprint density at radius 1 is 0.921 bits per heavy atom. The van der Waals surface area contributed by atoms with Crippen molar-refractivity contribution in [2.75, 3.05) is 74.2 Å². The largest absolute Gasteiger partial charge is 0.374 e. The van der Waals surface area contributed by atoms with Crippen LogP contribution in [-0.4, -0.2) is 105 Å². The Morgan fingerprint density at radius 3 is 2.51 bits per heavy atom. The quantitative estimate of drug-likeness (QED) is 0.0885. The highest BCUT2D eigenvalue weighted by Gasteiger charge is 2.31. The van der Waals surface area contributed by atoms with E-state index in [1.165, 1.54) is 41.7 Å². The molecule has 2 fully saturated rings. The average molecular weight is 895 g/mol. The van der Waals surface area contributed by atoms with Gasteiger partial charge < -0.3 is 29.6 Å². The van der Waals surface area contributed by atoms with E-state index >= 15 is 0 Å². The van der Waals surface area contributed by atoms with Crippen LogP contribution in [0.4, 0.5) is 28.4 Å². The van der Waals surface area contributed by atoms with E-state index in [0.29, 0.717) is 56.3 Å². The number of carbonyl (C=O) groups is 2. The summed E-state index contributed by atoms with van der Waals surface area (Å²) in [6, 6.07) is 20.5. The lowest BCUT2D eigenvalue weighted by atomic mass is 9.87. The van der Waals surface area contributed by atoms with Gasteiger partial charge in [-0.25, -0.2) is 18.1 Å². The van der Waals surface area contributed by atoms with Gasteiger partial charge in [0.1, 0.15) is 17.0 Å². The summed E-state index contributed by atoms with van der Waals surface area (Å²) >= 11 is 6.21. The molecule has 0 unspecified atom stereocenters. The molecule has 3 N–H and O–H groups in total. The van der Waals surface area contributed by atoms with Gasteiger partial charge >= 0.3 is 0 Å². The normalized spacial score (nSPS) is 18.9. The molecule has 18 heteroatoms. The standard InChI is InChI=1S/C45H47ClN8O8S/c46-32-9-7-29(8-10-32)35-5-2-1-4-31(35)27-51-18-20-52(21-19-51)33-11-13-36(38(25-33)53-17-3-6-41(55)43-40(53)24-30-15-16-47-44(30)49-43)45(56)50-63(59,60)34-12-14-37(39(26-34)54(57)58)48-42-28-61-22-23-62-42/h7-16,24-26,42,48H,1-6,17-23,27-28H2,(H,47,49)(H,50,56)/t42-/m1/s1. The molecule has 3 aliphatic heterocycles. The Kier molecular flexibility index (Phi) is 12.2. The molecular formula is C45H47ClN8O8S. The highest BCUT2D eigenvalue weighted by atomic mass is 35.5. The van der Waals surface area contributed by atoms with Crippen molar-refractivity contribution in [2.45, 2.75) is 49.6 Å². The maximum Gasteiger partial charge on any atom is 0.293 e. The van der Waals surface area contributed by atoms with Gasteiger partial charge in [0.05, 0.1) is 46.6 Å². The number of piperazine rings is 1. The van der Waals surface area contributed by atoms with E-state index in [-0.39, 0.29) is 35.8 Å². The molecule has 2 saturated heterocycles. The summed E-state index contributed by atoms with van der Waals surface area (Å²) in [5.74, 6) is -1.08. The SMILES string of the molecule is O=C(NS(=O)(=O)c1ccc(N[C@H]2COCCO2)c([N+](=O)[O-])c1)c1ccc(N2CCN(CC3=C(c4ccc(Cl)cc4)CCCC3)CC2)cc1N1CCCC(=O)c2nc3[nH]ccc3cc21. The number of allylic oxidation sites excluding steroid dienone is 1. The highest BCUT2D eigenvalue weighted by molar-refractivity contribution is 7.90. The predicted molar refractivity (Wildman–Crippen MR) is 241 cm³/mol. The third-order valence-corrected chi connectivity index (χ3v) is 13.7. The van der Waals surface area contributed by atoms with Gasteiger partial charge in [-0.05, 0) is 97.8 Å². The molecule has 9 rings (SSSR count). The fraction of sp³-hybridized carbons (Fsp3) is 0.356. The van der Waals surface area contributed by atoms with Crippen LogP contribution in [0.2, 0.25) is 5.02 Å². The number of benzene rings is 3. The summed E-state index contributed by atoms with van der Waals surface area (Å²) in [4.78, 5) is 53.1. The number of halogens is 1. The van der Waals surface area contributed by atoms with Gasteiger partial charge in [-0.1, -0.05) is 29.3 Å². The van der Waals surface area contributed by atoms with E-state index in [1.807, 2.05) is 41.3 Å². The number of aromatic amines is 1. The number of anilines is 4. The molecule has 0 radical (unpaired) electrons. The maximum atomic E-state index is 14.3. The molecule has 328 valence electrons. The molecule has 0 spiro atoms. The van der Waals surface area contributed by atoms with Crippen LogP contribution in [0.15, 0.2) is 89.5 Å². The van der Waals surface area contributed by atoms with Crippen molar-refractivity contribution in [2.24, 2.45) is 0 Å². The first-order chi connectivity index (χ1) is 30.5. The van der Waals surface area contributed by atoms with Gasteiger partial charge in [-0.3, -0.25) is 24.6 Å². The summed E-state index contributed by atoms with van der Waals surface area (Å²) in [6.45, 7) is 5.12. The molecule has 1 atom stereocenters. The number of hydrogen-bond acceptors (Lipinski definition) is 13. The van der Waals surface area contributed by atoms with Gasteiger partial charge in [-0.15, -0.1) is 0 Å². The van der Waals surface area contributed by atoms with Gasteiger partial charge in [0.15, 0.2) is 12.0 Å². The van der Waals surface area contributed by atoms with Crippen LogP contribution in [0.3, 0.4) is 0 Å². The summed E-state index contributed by atoms with van der Waals surface area (Å²) in [7, 11) is -4.63. The van der Waals surface area contributed by atoms with E-state index in [2.05, 4.69) is 41.9 Å². The van der Waals surface area contributed by atoms with E-state index < -0.39 is 37.7 Å². The van der Waals surface area contributed by atoms with Crippen molar-refractivity contribution in [1.29, 1.82) is 0 Å². The minimum atomic E-state index is -4.63. The number of Topliss-reactive ketones (excluding diaryl/α,β-unsaturated/α-hetero) is 1. The van der Waals surface area contributed by atoms with E-state index in [1.54, 1.807) is 12.3 Å². The van der Waals surface area contributed by atoms with Gasteiger partial charge in [0.2, 0.25) is 0 Å². The molecule has 0 bridgehead atoms. The summed E-state index contributed by atoms with van der Waals surface area (Å²) < 4.78 is 40.9. The van der Waals surface area contributed by atoms with E-state index in [4.69, 9.17) is 21.1 Å². The number of hydrogen-bond donors (Lipinski definition) is 3. The van der Waals surface area contributed by atoms with Crippen molar-refractivity contribution in [1.82, 2.24) is 19.6 Å². The van der Waals surface area contributed by atoms with Crippen molar-refractivity contribution < 1.29 is 32.4 Å². The Hall–Kier alpha value is -5.85. The number of rotatable bonds is 11. The number of sulfonamides is 1. The fourth-order valence-corrected chi connectivity index (χ4v) is 10.0. The number of H-pyrrole nitrogens is 1. The van der Waals surface area contributed by atoms with Crippen LogP contribution >= 0.6 is 11.6 Å². The number of amides is 1. The molecule has 2 aromatic heterocycles. The third kappa shape index (κ3) is 9.15. The number of ether oxygens (including phenoxy) is 2. The number of carbonyl (C=O) groups excluding carboxylic acids is 2. The summed E-state index contributed by atoms with van der Waals surface area (Å²) in [6.07, 6.45) is 6.22. The fourth-order valence-electron chi connectivity index (χ4n) is 8.91. The predicted octanol–water partition coefficient (Wildman–Crippen LogP) is 7.29. The Morgan fingerprint density at radius 2 is 1.73 bits per heavy atom. The summed E-state index contributed by atoms with van der Waals surface area (Å²) in [5.41, 5.74) is 6.21. The Bertz CT molecular complexity index is 2710. The first-order valence-corrected chi connectivity index (χ1v) is 23.1. The molecule has 0 saturated carbocycles. The molecule has 63 heavy (non-hydrogen) atoms. The van der Waals surface area contributed by atoms with E-state index in [0.717, 1.165) is 54.6 Å². The maximum absolute atomic E-state index is 14.3. The smallest absolute Gasteiger partial charge is 0.293 e. The lowest BCUT2D eigenvalue weighted by molar-refractivity contribution is -0.384. The number of pyridine rings is 1. The first kappa shape index (κ1) is 42.5. The minimum Gasteiger partial charge on any atom is -0.374 e. The number of nitrogens with one attached hydrogen (secondary N) is 3. The van der Waals surface area contributed by atoms with Gasteiger partial charge in [-0.2, -0.15) is 0 Å². The lowest BCUT2D eigenvalue weighted by Gasteiger charge is -2.38. The second kappa shape index (κ2) is 18.1. The monoisotopic (exact) mass is 894 g/mol. The van der Waals surface area contributed by atoms with Crippen LogP contribution in [0, 0.1) is 10.1 Å². The molecule has 5 heterocycles. The minimum absolute atomic E-state index is 0.0350. The first-order valence-electron chi connectivity index (χ1n) is 21.2. The Balaban J connectivity index is 1.01. The molecule has 4 aliphatic rings. The Labute approximate surface area is 369 Å². The van der Waals surface area contributed by atoms with Crippen LogP contribution in [-0.2, 0) is 19.5 Å². The van der Waals surface area contributed by atoms with Crippen LogP contribution in [0.5, 0.6) is 0 Å². The number of ketones is 1. The third-order valence-electron chi connectivity index (χ3n) is 12.1. The van der Waals surface area contributed by atoms with Crippen molar-refractivity contribution >= 4 is 78.4 Å². The number of nitrogens with zero attached hydrogens (tertiary/aromatic N) is 5.